The van der Waals surface area contributed by atoms with Gasteiger partial charge in [-0.1, -0.05) is 11.6 Å². The molecule has 0 radical (unpaired) electrons. The largest absolute Gasteiger partial charge is 0.493 e. The molecule has 0 fully saturated rings. The van der Waals surface area contributed by atoms with Gasteiger partial charge in [0.25, 0.3) is 10.0 Å². The molecule has 0 unspecified atom stereocenters. The van der Waals surface area contributed by atoms with Gasteiger partial charge in [-0.25, -0.2) is 18.4 Å². The van der Waals surface area contributed by atoms with E-state index >= 15 is 0 Å². The van der Waals surface area contributed by atoms with Crippen molar-refractivity contribution in [1.29, 1.82) is 0 Å². The lowest BCUT2D eigenvalue weighted by Gasteiger charge is -2.14. The smallest absolute Gasteiger partial charge is 0.272 e. The summed E-state index contributed by atoms with van der Waals surface area (Å²) in [7, 11) is 1.70. The van der Waals surface area contributed by atoms with Gasteiger partial charge in [0.05, 0.1) is 23.6 Å². The monoisotopic (exact) mass is 456 g/mol. The minimum absolute atomic E-state index is 0.0991. The summed E-state index contributed by atoms with van der Waals surface area (Å²) >= 11 is 6.82. The summed E-state index contributed by atoms with van der Waals surface area (Å²) < 4.78 is 39.5. The van der Waals surface area contributed by atoms with Crippen LogP contribution in [0.1, 0.15) is 6.42 Å². The lowest BCUT2D eigenvalue weighted by Crippen LogP contribution is -2.15. The Bertz CT molecular complexity index is 1100. The number of hydrogen-bond donors (Lipinski definition) is 1. The summed E-state index contributed by atoms with van der Waals surface area (Å²) in [6.45, 7) is 1.42. The maximum absolute atomic E-state index is 12.6. The molecule has 29 heavy (non-hydrogen) atoms. The minimum Gasteiger partial charge on any atom is -0.493 e. The first-order valence-electron chi connectivity index (χ1n) is 8.68. The SMILES string of the molecule is COc1cc2c(NS(=O)(=O)c3ccc(Cl)s3)ncnc2cc1OCCCN(C)C. The highest BCUT2D eigenvalue weighted by Crippen LogP contribution is 2.35. The summed E-state index contributed by atoms with van der Waals surface area (Å²) in [6, 6.07) is 6.35. The van der Waals surface area contributed by atoms with E-state index in [1.54, 1.807) is 12.1 Å². The van der Waals surface area contributed by atoms with E-state index in [0.29, 0.717) is 33.3 Å². The second kappa shape index (κ2) is 9.12. The van der Waals surface area contributed by atoms with Crippen molar-refractivity contribution in [2.75, 3.05) is 39.1 Å². The number of methoxy groups -OCH3 is 1. The Morgan fingerprint density at radius 2 is 2.00 bits per heavy atom. The number of halogens is 1. The standard InChI is InChI=1S/C18H21ClN4O4S2/c1-23(2)7-4-8-27-15-10-13-12(9-14(15)26-3)18(21-11-20-13)22-29(24,25)17-6-5-16(19)28-17/h5-6,9-11H,4,7-8H2,1-3H3,(H,20,21,22). The van der Waals surface area contributed by atoms with E-state index in [4.69, 9.17) is 21.1 Å². The maximum atomic E-state index is 12.6. The van der Waals surface area contributed by atoms with Crippen LogP contribution in [0.5, 0.6) is 11.5 Å². The number of benzene rings is 1. The maximum Gasteiger partial charge on any atom is 0.272 e. The molecule has 3 rings (SSSR count). The van der Waals surface area contributed by atoms with Crippen LogP contribution >= 0.6 is 22.9 Å². The normalized spacial score (nSPS) is 11.8. The number of hydrogen-bond acceptors (Lipinski definition) is 8. The van der Waals surface area contributed by atoms with Gasteiger partial charge >= 0.3 is 0 Å². The number of sulfonamides is 1. The number of nitrogens with zero attached hydrogens (tertiary/aromatic N) is 3. The zero-order chi connectivity index (χ0) is 21.0. The van der Waals surface area contributed by atoms with Crippen molar-refractivity contribution in [3.63, 3.8) is 0 Å². The van der Waals surface area contributed by atoms with Gasteiger partial charge in [-0.3, -0.25) is 4.72 Å². The van der Waals surface area contributed by atoms with Gasteiger partial charge in [-0.05, 0) is 38.7 Å². The van der Waals surface area contributed by atoms with Crippen LogP contribution in [-0.4, -0.2) is 57.6 Å². The number of aromatic nitrogens is 2. The van der Waals surface area contributed by atoms with Crippen LogP contribution in [-0.2, 0) is 10.0 Å². The fraction of sp³-hybridized carbons (Fsp3) is 0.333. The molecular weight excluding hydrogens is 436 g/mol. The average Bonchev–Trinajstić information content (AvgIpc) is 3.12. The average molecular weight is 457 g/mol. The topological polar surface area (TPSA) is 93.6 Å². The molecule has 0 saturated heterocycles. The molecule has 0 amide bonds. The first-order valence-corrected chi connectivity index (χ1v) is 11.4. The third-order valence-electron chi connectivity index (χ3n) is 3.97. The molecule has 0 bridgehead atoms. The van der Waals surface area contributed by atoms with Crippen molar-refractivity contribution < 1.29 is 17.9 Å². The molecule has 0 aliphatic carbocycles. The molecular formula is C18H21ClN4O4S2. The van der Waals surface area contributed by atoms with E-state index < -0.39 is 10.0 Å². The Morgan fingerprint density at radius 3 is 2.66 bits per heavy atom. The van der Waals surface area contributed by atoms with Crippen molar-refractivity contribution in [2.24, 2.45) is 0 Å². The lowest BCUT2D eigenvalue weighted by atomic mass is 10.2. The van der Waals surface area contributed by atoms with Crippen LogP contribution in [0, 0.1) is 0 Å². The van der Waals surface area contributed by atoms with Crippen LogP contribution in [0.15, 0.2) is 34.8 Å². The molecule has 156 valence electrons. The van der Waals surface area contributed by atoms with Gasteiger partial charge in [0.2, 0.25) is 0 Å². The lowest BCUT2D eigenvalue weighted by molar-refractivity contribution is 0.268. The van der Waals surface area contributed by atoms with E-state index in [1.807, 2.05) is 14.1 Å². The third kappa shape index (κ3) is 5.27. The number of fused-ring (bicyclic) bond motifs is 1. The van der Waals surface area contributed by atoms with Gasteiger partial charge in [0.1, 0.15) is 10.5 Å². The highest BCUT2D eigenvalue weighted by atomic mass is 35.5. The molecule has 2 heterocycles. The summed E-state index contributed by atoms with van der Waals surface area (Å²) in [5.41, 5.74) is 0.533. The van der Waals surface area contributed by atoms with Gasteiger partial charge < -0.3 is 14.4 Å². The Morgan fingerprint density at radius 1 is 1.21 bits per heavy atom. The Labute approximate surface area is 178 Å². The summed E-state index contributed by atoms with van der Waals surface area (Å²) in [4.78, 5) is 10.4. The zero-order valence-corrected chi connectivity index (χ0v) is 18.6. The zero-order valence-electron chi connectivity index (χ0n) is 16.2. The Balaban J connectivity index is 1.90. The third-order valence-corrected chi connectivity index (χ3v) is 7.03. The number of thiophene rings is 1. The van der Waals surface area contributed by atoms with Crippen LogP contribution in [0.25, 0.3) is 10.9 Å². The van der Waals surface area contributed by atoms with Crippen LogP contribution in [0.3, 0.4) is 0 Å². The quantitative estimate of drug-likeness (QED) is 0.492. The number of nitrogens with one attached hydrogen (secondary N) is 1. The molecule has 0 spiro atoms. The molecule has 8 nitrogen and oxygen atoms in total. The molecule has 0 saturated carbocycles. The summed E-state index contributed by atoms with van der Waals surface area (Å²) in [6.07, 6.45) is 2.15. The fourth-order valence-corrected chi connectivity index (χ4v) is 5.11. The summed E-state index contributed by atoms with van der Waals surface area (Å²) in [5, 5.41) is 0.496. The van der Waals surface area contributed by atoms with Gasteiger partial charge in [-0.2, -0.15) is 0 Å². The van der Waals surface area contributed by atoms with Crippen molar-refractivity contribution in [3.8, 4) is 11.5 Å². The molecule has 2 aromatic heterocycles. The number of rotatable bonds is 9. The van der Waals surface area contributed by atoms with Crippen LogP contribution in [0.4, 0.5) is 5.82 Å². The van der Waals surface area contributed by atoms with Crippen molar-refractivity contribution in [1.82, 2.24) is 14.9 Å². The van der Waals surface area contributed by atoms with E-state index in [0.717, 1.165) is 24.3 Å². The molecule has 0 aliphatic rings. The molecule has 1 aromatic carbocycles. The van der Waals surface area contributed by atoms with Crippen molar-refractivity contribution in [3.05, 3.63) is 34.9 Å². The number of anilines is 1. The van der Waals surface area contributed by atoms with E-state index in [-0.39, 0.29) is 10.0 Å². The van der Waals surface area contributed by atoms with Gasteiger partial charge in [0.15, 0.2) is 17.3 Å². The molecule has 0 atom stereocenters. The van der Waals surface area contributed by atoms with E-state index in [1.165, 1.54) is 25.6 Å². The van der Waals surface area contributed by atoms with Gasteiger partial charge in [-0.15, -0.1) is 11.3 Å². The predicted octanol–water partition coefficient (Wildman–Crippen LogP) is 3.48. The first-order chi connectivity index (χ1) is 13.8. The van der Waals surface area contributed by atoms with Gasteiger partial charge in [0, 0.05) is 18.0 Å². The predicted molar refractivity (Wildman–Crippen MR) is 115 cm³/mol. The molecule has 11 heteroatoms. The highest BCUT2D eigenvalue weighted by Gasteiger charge is 2.20. The minimum atomic E-state index is -3.82. The highest BCUT2D eigenvalue weighted by molar-refractivity contribution is 7.94. The van der Waals surface area contributed by atoms with E-state index in [2.05, 4.69) is 19.6 Å². The van der Waals surface area contributed by atoms with Crippen LogP contribution in [0.2, 0.25) is 4.34 Å². The van der Waals surface area contributed by atoms with Crippen LogP contribution < -0.4 is 14.2 Å². The second-order valence-electron chi connectivity index (χ2n) is 6.41. The van der Waals surface area contributed by atoms with Crippen molar-refractivity contribution >= 4 is 49.7 Å². The molecule has 1 N–H and O–H groups in total. The van der Waals surface area contributed by atoms with Crippen molar-refractivity contribution in [2.45, 2.75) is 10.6 Å². The molecule has 0 aliphatic heterocycles. The number of ether oxygens (including phenoxy) is 2. The summed E-state index contributed by atoms with van der Waals surface area (Å²) in [5.74, 6) is 1.16. The fourth-order valence-electron chi connectivity index (χ4n) is 2.60. The Hall–Kier alpha value is -2.14. The first kappa shape index (κ1) is 21.6. The van der Waals surface area contributed by atoms with E-state index in [9.17, 15) is 8.42 Å². The second-order valence-corrected chi connectivity index (χ2v) is 10.0. The Kier molecular flexibility index (Phi) is 6.78. The molecule has 3 aromatic rings.